The van der Waals surface area contributed by atoms with Crippen LogP contribution in [0.4, 0.5) is 5.69 Å². The van der Waals surface area contributed by atoms with Gasteiger partial charge in [-0.2, -0.15) is 0 Å². The van der Waals surface area contributed by atoms with Crippen LogP contribution in [0.2, 0.25) is 0 Å². The van der Waals surface area contributed by atoms with Crippen molar-refractivity contribution in [3.05, 3.63) is 102 Å². The van der Waals surface area contributed by atoms with E-state index in [9.17, 15) is 19.5 Å². The van der Waals surface area contributed by atoms with Gasteiger partial charge in [0.2, 0.25) is 17.7 Å². The van der Waals surface area contributed by atoms with Crippen molar-refractivity contribution in [3.8, 4) is 0 Å². The van der Waals surface area contributed by atoms with E-state index in [-0.39, 0.29) is 29.6 Å². The van der Waals surface area contributed by atoms with Crippen LogP contribution in [0.1, 0.15) is 30.0 Å². The summed E-state index contributed by atoms with van der Waals surface area (Å²) in [5.74, 6) is -1.87. The zero-order valence-corrected chi connectivity index (χ0v) is 22.2. The third kappa shape index (κ3) is 4.41. The normalized spacial score (nSPS) is 27.7. The van der Waals surface area contributed by atoms with Crippen LogP contribution in [0.5, 0.6) is 0 Å². The van der Waals surface area contributed by atoms with E-state index >= 15 is 0 Å². The van der Waals surface area contributed by atoms with Crippen molar-refractivity contribution in [1.82, 2.24) is 10.2 Å². The first-order chi connectivity index (χ1) is 19.0. The highest BCUT2D eigenvalue weighted by atomic mass is 32.2. The lowest BCUT2D eigenvalue weighted by atomic mass is 9.70. The lowest BCUT2D eigenvalue weighted by Gasteiger charge is -2.37. The van der Waals surface area contributed by atoms with Crippen LogP contribution in [0.3, 0.4) is 0 Å². The van der Waals surface area contributed by atoms with Gasteiger partial charge in [0, 0.05) is 17.5 Å². The number of para-hydroxylation sites is 1. The van der Waals surface area contributed by atoms with Crippen LogP contribution in [0.15, 0.2) is 91.0 Å². The van der Waals surface area contributed by atoms with Crippen LogP contribution in [-0.4, -0.2) is 50.4 Å². The van der Waals surface area contributed by atoms with E-state index in [2.05, 4.69) is 10.6 Å². The van der Waals surface area contributed by atoms with Crippen LogP contribution in [-0.2, 0) is 20.9 Å². The molecule has 3 fully saturated rings. The number of aliphatic hydroxyl groups excluding tert-OH is 1. The Morgan fingerprint density at radius 3 is 2.26 bits per heavy atom. The van der Waals surface area contributed by atoms with Crippen LogP contribution < -0.4 is 10.6 Å². The first-order valence-corrected chi connectivity index (χ1v) is 14.2. The highest BCUT2D eigenvalue weighted by Gasteiger charge is 2.74. The summed E-state index contributed by atoms with van der Waals surface area (Å²) in [5.41, 5.74) is 2.40. The fraction of sp³-hybridized carbons (Fsp3) is 0.323. The highest BCUT2D eigenvalue weighted by molar-refractivity contribution is 8.02. The second-order valence-electron chi connectivity index (χ2n) is 10.5. The predicted molar refractivity (Wildman–Crippen MR) is 151 cm³/mol. The van der Waals surface area contributed by atoms with Crippen LogP contribution >= 0.6 is 11.8 Å². The number of carbonyl (C=O) groups is 3. The van der Waals surface area contributed by atoms with Crippen LogP contribution in [0, 0.1) is 11.8 Å². The monoisotopic (exact) mass is 541 g/mol. The number of thioether (sulfide) groups is 1. The van der Waals surface area contributed by atoms with E-state index in [0.29, 0.717) is 18.7 Å². The number of amides is 3. The molecule has 3 aromatic carbocycles. The Bertz CT molecular complexity index is 1360. The molecule has 2 unspecified atom stereocenters. The molecule has 3 aromatic rings. The minimum Gasteiger partial charge on any atom is -0.394 e. The zero-order chi connectivity index (χ0) is 27.0. The number of carbonyl (C=O) groups excluding carboxylic acids is 3. The van der Waals surface area contributed by atoms with E-state index in [0.717, 1.165) is 17.5 Å². The number of anilines is 1. The van der Waals surface area contributed by atoms with Crippen molar-refractivity contribution in [2.24, 2.45) is 11.8 Å². The van der Waals surface area contributed by atoms with Gasteiger partial charge in [0.25, 0.3) is 0 Å². The Balaban J connectivity index is 1.36. The Hall–Kier alpha value is -3.62. The number of nitrogens with zero attached hydrogens (tertiary/aromatic N) is 1. The maximum atomic E-state index is 14.3. The molecule has 3 aliphatic heterocycles. The average molecular weight is 542 g/mol. The molecule has 0 aliphatic carbocycles. The number of rotatable bonds is 8. The molecule has 0 saturated carbocycles. The number of fused-ring (bicyclic) bond motifs is 1. The molecule has 0 radical (unpaired) electrons. The molecular weight excluding hydrogens is 510 g/mol. The van der Waals surface area contributed by atoms with E-state index in [4.69, 9.17) is 0 Å². The van der Waals surface area contributed by atoms with E-state index in [1.165, 1.54) is 0 Å². The molecule has 39 heavy (non-hydrogen) atoms. The fourth-order valence-electron chi connectivity index (χ4n) is 6.68. The lowest BCUT2D eigenvalue weighted by Crippen LogP contribution is -2.54. The molecule has 6 atom stereocenters. The van der Waals surface area contributed by atoms with Crippen molar-refractivity contribution >= 4 is 35.2 Å². The number of nitrogens with one attached hydrogen (secondary N) is 2. The molecule has 3 saturated heterocycles. The van der Waals surface area contributed by atoms with Gasteiger partial charge >= 0.3 is 0 Å². The Labute approximate surface area is 232 Å². The van der Waals surface area contributed by atoms with Crippen molar-refractivity contribution in [1.29, 1.82) is 0 Å². The number of hydrogen-bond acceptors (Lipinski definition) is 5. The second kappa shape index (κ2) is 10.5. The number of benzene rings is 3. The summed E-state index contributed by atoms with van der Waals surface area (Å²) in [7, 11) is 0. The topological polar surface area (TPSA) is 98.7 Å². The molecule has 3 aliphatic rings. The van der Waals surface area contributed by atoms with E-state index in [1.807, 2.05) is 91.0 Å². The van der Waals surface area contributed by atoms with Crippen molar-refractivity contribution in [2.75, 3.05) is 11.9 Å². The Kier molecular flexibility index (Phi) is 6.91. The highest BCUT2D eigenvalue weighted by Crippen LogP contribution is 2.67. The molecule has 7 nitrogen and oxygen atoms in total. The smallest absolute Gasteiger partial charge is 0.244 e. The molecule has 6 rings (SSSR count). The van der Waals surface area contributed by atoms with Gasteiger partial charge in [-0.15, -0.1) is 11.8 Å². The summed E-state index contributed by atoms with van der Waals surface area (Å²) in [6.07, 6.45) is 1.42. The van der Waals surface area contributed by atoms with Crippen molar-refractivity contribution in [3.63, 3.8) is 0 Å². The summed E-state index contributed by atoms with van der Waals surface area (Å²) in [6, 6.07) is 26.7. The fourth-order valence-corrected chi connectivity index (χ4v) is 8.89. The summed E-state index contributed by atoms with van der Waals surface area (Å²) >= 11 is 1.62. The molecule has 1 spiro atoms. The molecule has 8 heteroatoms. The third-order valence-corrected chi connectivity index (χ3v) is 10.3. The Morgan fingerprint density at radius 1 is 0.949 bits per heavy atom. The van der Waals surface area contributed by atoms with Crippen LogP contribution in [0.25, 0.3) is 0 Å². The molecule has 3 heterocycles. The predicted octanol–water partition coefficient (Wildman–Crippen LogP) is 3.77. The summed E-state index contributed by atoms with van der Waals surface area (Å²) in [5, 5.41) is 16.6. The van der Waals surface area contributed by atoms with Gasteiger partial charge in [-0.25, -0.2) is 0 Å². The minimum absolute atomic E-state index is 0.0430. The van der Waals surface area contributed by atoms with E-state index in [1.54, 1.807) is 16.7 Å². The number of likely N-dealkylation sites (tertiary alicyclic amines) is 1. The van der Waals surface area contributed by atoms with Gasteiger partial charge in [0.15, 0.2) is 0 Å². The molecule has 200 valence electrons. The molecule has 3 amide bonds. The van der Waals surface area contributed by atoms with Gasteiger partial charge in [0.05, 0.1) is 29.2 Å². The lowest BCUT2D eigenvalue weighted by molar-refractivity contribution is -0.142. The standard InChI is InChI=1S/C31H31N3O4S/c35-19-23(21-12-6-2-7-13-21)34-27(29(37)32-18-20-10-4-1-5-11-20)31-17-16-24(39-31)25(26(31)30(34)38)28(36)33-22-14-8-3-9-15-22/h1-15,23-27,35H,16-19H2,(H,32,37)(H,33,36)/t23-,24-,25+,26+,27?,31?/m1/s1. The summed E-state index contributed by atoms with van der Waals surface area (Å²) in [6.45, 7) is 0.0100. The molecular formula is C31H31N3O4S. The first kappa shape index (κ1) is 25.6. The summed E-state index contributed by atoms with van der Waals surface area (Å²) < 4.78 is -0.733. The maximum Gasteiger partial charge on any atom is 0.244 e. The van der Waals surface area contributed by atoms with E-state index < -0.39 is 28.7 Å². The van der Waals surface area contributed by atoms with Gasteiger partial charge < -0.3 is 20.6 Å². The van der Waals surface area contributed by atoms with Crippen molar-refractivity contribution in [2.45, 2.75) is 41.5 Å². The van der Waals surface area contributed by atoms with Crippen molar-refractivity contribution < 1.29 is 19.5 Å². The first-order valence-electron chi connectivity index (χ1n) is 13.4. The van der Waals surface area contributed by atoms with Gasteiger partial charge in [-0.1, -0.05) is 78.9 Å². The second-order valence-corrected chi connectivity index (χ2v) is 12.1. The molecule has 2 bridgehead atoms. The zero-order valence-electron chi connectivity index (χ0n) is 21.4. The molecule has 0 aromatic heterocycles. The van der Waals surface area contributed by atoms with Gasteiger partial charge in [-0.3, -0.25) is 14.4 Å². The Morgan fingerprint density at radius 2 is 1.59 bits per heavy atom. The quantitative estimate of drug-likeness (QED) is 0.403. The maximum absolute atomic E-state index is 14.3. The SMILES string of the molecule is O=C(NCc1ccccc1)C1N([C@H](CO)c2ccccc2)C(=O)[C@@H]2[C@@H](C(=O)Nc3ccccc3)[C@H]3CCC12S3. The van der Waals surface area contributed by atoms with Gasteiger partial charge in [-0.05, 0) is 36.1 Å². The minimum atomic E-state index is -0.805. The number of aliphatic hydroxyl groups is 1. The number of hydrogen-bond donors (Lipinski definition) is 3. The molecule has 3 N–H and O–H groups in total. The van der Waals surface area contributed by atoms with Gasteiger partial charge in [0.1, 0.15) is 6.04 Å². The largest absolute Gasteiger partial charge is 0.394 e. The average Bonchev–Trinajstić information content (AvgIpc) is 3.62. The summed E-state index contributed by atoms with van der Waals surface area (Å²) in [4.78, 5) is 43.6. The third-order valence-electron chi connectivity index (χ3n) is 8.33.